The number of pyridine rings is 1. The molecule has 3 heterocycles. The number of aromatic amines is 1. The van der Waals surface area contributed by atoms with Crippen molar-refractivity contribution in [2.24, 2.45) is 0 Å². The van der Waals surface area contributed by atoms with Crippen LogP contribution in [-0.4, -0.2) is 39.4 Å². The molecule has 0 aliphatic carbocycles. The number of hydrogen-bond acceptors (Lipinski definition) is 8. The van der Waals surface area contributed by atoms with E-state index < -0.39 is 10.7 Å². The Labute approximate surface area is 174 Å². The van der Waals surface area contributed by atoms with Crippen LogP contribution in [0.2, 0.25) is 0 Å². The van der Waals surface area contributed by atoms with Gasteiger partial charge in [0.15, 0.2) is 22.2 Å². The summed E-state index contributed by atoms with van der Waals surface area (Å²) < 4.78 is 23.3. The number of benzene rings is 1. The Morgan fingerprint density at radius 2 is 1.90 bits per heavy atom. The van der Waals surface area contributed by atoms with Crippen LogP contribution in [0.5, 0.6) is 0 Å². The largest absolute Gasteiger partial charge is 0.360 e. The van der Waals surface area contributed by atoms with E-state index in [1.165, 1.54) is 12.4 Å². The molecule has 9 nitrogen and oxygen atoms in total. The van der Waals surface area contributed by atoms with E-state index in [-0.39, 0.29) is 10.9 Å². The van der Waals surface area contributed by atoms with E-state index in [2.05, 4.69) is 35.6 Å². The first-order chi connectivity index (χ1) is 14.6. The minimum absolute atomic E-state index is 0.156. The summed E-state index contributed by atoms with van der Waals surface area (Å²) in [5, 5.41) is 6.66. The zero-order chi connectivity index (χ0) is 20.9. The molecular weight excluding hydrogens is 402 g/mol. The molecule has 4 aromatic rings. The van der Waals surface area contributed by atoms with Crippen LogP contribution in [0.15, 0.2) is 71.9 Å². The van der Waals surface area contributed by atoms with Crippen molar-refractivity contribution < 1.29 is 8.42 Å². The number of thiol groups is 1. The molecule has 0 amide bonds. The van der Waals surface area contributed by atoms with Crippen LogP contribution in [0.3, 0.4) is 0 Å². The Morgan fingerprint density at radius 1 is 1.07 bits per heavy atom. The average molecular weight is 421 g/mol. The second-order valence-electron chi connectivity index (χ2n) is 6.44. The maximum atomic E-state index is 11.6. The highest BCUT2D eigenvalue weighted by Crippen LogP contribution is 2.21. The SMILES string of the molecule is CC(Nc1ncnc2[nH]cnc12)/C(=C/c1ncccc1[SH](=O)=O)Nc1ccccc1. The third kappa shape index (κ3) is 4.28. The van der Waals surface area contributed by atoms with Gasteiger partial charge in [-0.3, -0.25) is 4.98 Å². The van der Waals surface area contributed by atoms with E-state index in [1.54, 1.807) is 24.7 Å². The topological polar surface area (TPSA) is 126 Å². The van der Waals surface area contributed by atoms with Crippen molar-refractivity contribution in [1.82, 2.24) is 24.9 Å². The molecule has 4 rings (SSSR count). The molecule has 0 bridgehead atoms. The summed E-state index contributed by atoms with van der Waals surface area (Å²) in [6.45, 7) is 1.93. The van der Waals surface area contributed by atoms with Crippen LogP contribution in [0.25, 0.3) is 17.2 Å². The Morgan fingerprint density at radius 3 is 2.70 bits per heavy atom. The van der Waals surface area contributed by atoms with Gasteiger partial charge in [-0.2, -0.15) is 0 Å². The molecule has 1 aromatic carbocycles. The first kappa shape index (κ1) is 19.5. The second-order valence-corrected chi connectivity index (χ2v) is 7.44. The summed E-state index contributed by atoms with van der Waals surface area (Å²) >= 11 is 0. The number of nitrogens with zero attached hydrogens (tertiary/aromatic N) is 4. The molecule has 0 saturated carbocycles. The Bertz CT molecular complexity index is 1260. The zero-order valence-electron chi connectivity index (χ0n) is 16.0. The number of imidazole rings is 1. The number of aromatic nitrogens is 5. The van der Waals surface area contributed by atoms with Gasteiger partial charge in [-0.25, -0.2) is 23.4 Å². The molecule has 0 fully saturated rings. The van der Waals surface area contributed by atoms with E-state index in [0.29, 0.717) is 28.4 Å². The maximum absolute atomic E-state index is 11.6. The fraction of sp³-hybridized carbons (Fsp3) is 0.100. The maximum Gasteiger partial charge on any atom is 0.170 e. The lowest BCUT2D eigenvalue weighted by atomic mass is 10.1. The monoisotopic (exact) mass is 421 g/mol. The third-order valence-corrected chi connectivity index (χ3v) is 5.18. The zero-order valence-corrected chi connectivity index (χ0v) is 16.9. The van der Waals surface area contributed by atoms with Gasteiger partial charge in [0.2, 0.25) is 0 Å². The van der Waals surface area contributed by atoms with E-state index in [4.69, 9.17) is 0 Å². The highest BCUT2D eigenvalue weighted by Gasteiger charge is 2.15. The van der Waals surface area contributed by atoms with E-state index in [0.717, 1.165) is 5.69 Å². The average Bonchev–Trinajstić information content (AvgIpc) is 3.24. The number of hydrogen-bond donors (Lipinski definition) is 4. The van der Waals surface area contributed by atoms with Crippen molar-refractivity contribution in [3.8, 4) is 0 Å². The van der Waals surface area contributed by atoms with Crippen LogP contribution < -0.4 is 10.6 Å². The van der Waals surface area contributed by atoms with Crippen LogP contribution in [0, 0.1) is 0 Å². The van der Waals surface area contributed by atoms with Crippen molar-refractivity contribution in [2.75, 3.05) is 10.6 Å². The first-order valence-electron chi connectivity index (χ1n) is 9.15. The highest BCUT2D eigenvalue weighted by atomic mass is 32.2. The van der Waals surface area contributed by atoms with E-state index in [1.807, 2.05) is 37.3 Å². The molecule has 0 aliphatic rings. The van der Waals surface area contributed by atoms with Gasteiger partial charge in [0.05, 0.1) is 23.0 Å². The molecule has 0 radical (unpaired) electrons. The summed E-state index contributed by atoms with van der Waals surface area (Å²) in [5.41, 5.74) is 3.16. The van der Waals surface area contributed by atoms with Crippen molar-refractivity contribution in [3.05, 3.63) is 72.7 Å². The lowest BCUT2D eigenvalue weighted by Gasteiger charge is -2.20. The smallest absolute Gasteiger partial charge is 0.170 e. The third-order valence-electron chi connectivity index (χ3n) is 4.40. The predicted molar refractivity (Wildman–Crippen MR) is 116 cm³/mol. The fourth-order valence-electron chi connectivity index (χ4n) is 2.93. The Balaban J connectivity index is 1.72. The van der Waals surface area contributed by atoms with Crippen molar-refractivity contribution in [1.29, 1.82) is 0 Å². The molecule has 3 aromatic heterocycles. The van der Waals surface area contributed by atoms with Gasteiger partial charge in [-0.1, -0.05) is 18.2 Å². The lowest BCUT2D eigenvalue weighted by molar-refractivity contribution is 0.614. The summed E-state index contributed by atoms with van der Waals surface area (Å²) in [5.74, 6) is 0.561. The van der Waals surface area contributed by atoms with Crippen molar-refractivity contribution in [3.63, 3.8) is 0 Å². The molecule has 10 heteroatoms. The number of fused-ring (bicyclic) bond motifs is 1. The quantitative estimate of drug-likeness (QED) is 0.336. The van der Waals surface area contributed by atoms with Crippen LogP contribution >= 0.6 is 0 Å². The number of H-pyrrole nitrogens is 1. The number of anilines is 2. The molecule has 0 saturated heterocycles. The minimum Gasteiger partial charge on any atom is -0.360 e. The van der Waals surface area contributed by atoms with Crippen molar-refractivity contribution in [2.45, 2.75) is 17.9 Å². The predicted octanol–water partition coefficient (Wildman–Crippen LogP) is 2.67. The Hall–Kier alpha value is -3.79. The summed E-state index contributed by atoms with van der Waals surface area (Å²) in [4.78, 5) is 20.0. The van der Waals surface area contributed by atoms with Crippen LogP contribution in [0.4, 0.5) is 11.5 Å². The summed E-state index contributed by atoms with van der Waals surface area (Å²) in [6, 6.07) is 12.4. The number of nitrogens with one attached hydrogen (secondary N) is 3. The van der Waals surface area contributed by atoms with E-state index >= 15 is 0 Å². The van der Waals surface area contributed by atoms with Gasteiger partial charge in [0.1, 0.15) is 11.8 Å². The van der Waals surface area contributed by atoms with Gasteiger partial charge in [0, 0.05) is 17.6 Å². The Kier molecular flexibility index (Phi) is 5.66. The number of para-hydroxylation sites is 1. The molecule has 1 unspecified atom stereocenters. The summed E-state index contributed by atoms with van der Waals surface area (Å²) in [7, 11) is -2.78. The standard InChI is InChI=1S/C20H19N7O2S/c1-13(26-20-18-19(23-11-22-18)24-12-25-20)15(27-14-6-3-2-4-7-14)10-16-17(30(28)29)8-5-9-21-16/h2-13,27,30H,1H3,(H2,22,23,24,25,26)/b15-10-. The van der Waals surface area contributed by atoms with Gasteiger partial charge in [-0.15, -0.1) is 0 Å². The second kappa shape index (κ2) is 8.70. The number of rotatable bonds is 7. The molecule has 30 heavy (non-hydrogen) atoms. The van der Waals surface area contributed by atoms with Crippen molar-refractivity contribution >= 4 is 39.4 Å². The molecular formula is C20H19N7O2S. The minimum atomic E-state index is -2.78. The van der Waals surface area contributed by atoms with Gasteiger partial charge in [0.25, 0.3) is 0 Å². The molecule has 152 valence electrons. The van der Waals surface area contributed by atoms with Crippen LogP contribution in [-0.2, 0) is 10.7 Å². The van der Waals surface area contributed by atoms with Gasteiger partial charge in [-0.05, 0) is 37.3 Å². The molecule has 0 aliphatic heterocycles. The van der Waals surface area contributed by atoms with E-state index in [9.17, 15) is 8.42 Å². The highest BCUT2D eigenvalue weighted by molar-refractivity contribution is 7.72. The first-order valence-corrected chi connectivity index (χ1v) is 10.3. The normalized spacial score (nSPS) is 12.8. The van der Waals surface area contributed by atoms with Gasteiger partial charge < -0.3 is 15.6 Å². The molecule has 3 N–H and O–H groups in total. The van der Waals surface area contributed by atoms with Crippen LogP contribution in [0.1, 0.15) is 12.6 Å². The fourth-order valence-corrected chi connectivity index (χ4v) is 3.45. The molecule has 1 atom stereocenters. The molecule has 0 spiro atoms. The summed E-state index contributed by atoms with van der Waals surface area (Å²) in [6.07, 6.45) is 6.28. The van der Waals surface area contributed by atoms with Gasteiger partial charge >= 0.3 is 0 Å². The lowest BCUT2D eigenvalue weighted by Crippen LogP contribution is -2.24.